The number of fused-ring (bicyclic) bond motifs is 2. The Hall–Kier alpha value is -2.73. The molecule has 1 saturated heterocycles. The number of aromatic amines is 1. The number of imidazole rings is 1. The van der Waals surface area contributed by atoms with Gasteiger partial charge in [0.2, 0.25) is 0 Å². The minimum atomic E-state index is -0.0192. The number of hydrogen-bond acceptors (Lipinski definition) is 4. The van der Waals surface area contributed by atoms with E-state index < -0.39 is 0 Å². The fourth-order valence-corrected chi connectivity index (χ4v) is 4.29. The van der Waals surface area contributed by atoms with Gasteiger partial charge in [-0.2, -0.15) is 0 Å². The third-order valence-corrected chi connectivity index (χ3v) is 5.50. The lowest BCUT2D eigenvalue weighted by molar-refractivity contribution is 0.0462. The van der Waals surface area contributed by atoms with Crippen molar-refractivity contribution in [2.24, 2.45) is 0 Å². The van der Waals surface area contributed by atoms with E-state index in [0.717, 1.165) is 55.0 Å². The maximum Gasteiger partial charge on any atom is 0.326 e. The largest absolute Gasteiger partial charge is 0.486 e. The molecule has 6 nitrogen and oxygen atoms in total. The van der Waals surface area contributed by atoms with Crippen molar-refractivity contribution >= 4 is 11.0 Å². The van der Waals surface area contributed by atoms with E-state index >= 15 is 0 Å². The van der Waals surface area contributed by atoms with E-state index in [4.69, 9.17) is 9.47 Å². The van der Waals surface area contributed by atoms with Crippen LogP contribution >= 0.6 is 0 Å². The lowest BCUT2D eigenvalue weighted by atomic mass is 10.0. The molecule has 3 heterocycles. The van der Waals surface area contributed by atoms with Gasteiger partial charge in [-0.05, 0) is 43.7 Å². The Bertz CT molecular complexity index is 1010. The van der Waals surface area contributed by atoms with Crippen molar-refractivity contribution in [1.29, 1.82) is 0 Å². The first-order chi connectivity index (χ1) is 13.3. The van der Waals surface area contributed by atoms with Gasteiger partial charge in [0.15, 0.2) is 11.5 Å². The number of nitrogens with one attached hydrogen (secondary N) is 1. The Morgan fingerprint density at radius 3 is 2.81 bits per heavy atom. The van der Waals surface area contributed by atoms with E-state index in [-0.39, 0.29) is 17.8 Å². The SMILES string of the molecule is O=c1[nH]c2ccccc2n1C1CCCN(CC2COc3ccccc3O2)C1. The van der Waals surface area contributed by atoms with Gasteiger partial charge in [0.05, 0.1) is 17.1 Å². The van der Waals surface area contributed by atoms with Crippen LogP contribution in [0, 0.1) is 0 Å². The zero-order valence-corrected chi connectivity index (χ0v) is 15.1. The fourth-order valence-electron chi connectivity index (χ4n) is 4.29. The Balaban J connectivity index is 1.32. The Morgan fingerprint density at radius 1 is 1.07 bits per heavy atom. The Labute approximate surface area is 157 Å². The van der Waals surface area contributed by atoms with E-state index in [1.165, 1.54) is 0 Å². The first-order valence-electron chi connectivity index (χ1n) is 9.58. The number of hydrogen-bond donors (Lipinski definition) is 1. The number of aromatic nitrogens is 2. The lowest BCUT2D eigenvalue weighted by Gasteiger charge is -2.36. The van der Waals surface area contributed by atoms with Gasteiger partial charge in [-0.3, -0.25) is 9.47 Å². The molecule has 2 aromatic carbocycles. The first kappa shape index (κ1) is 16.4. The summed E-state index contributed by atoms with van der Waals surface area (Å²) in [6.07, 6.45) is 2.10. The van der Waals surface area contributed by atoms with Crippen LogP contribution in [0.2, 0.25) is 0 Å². The number of piperidine rings is 1. The molecule has 0 aliphatic carbocycles. The van der Waals surface area contributed by atoms with Crippen LogP contribution in [0.15, 0.2) is 53.3 Å². The van der Waals surface area contributed by atoms with Gasteiger partial charge < -0.3 is 14.5 Å². The second kappa shape index (κ2) is 6.78. The highest BCUT2D eigenvalue weighted by molar-refractivity contribution is 5.75. The smallest absolute Gasteiger partial charge is 0.326 e. The molecule has 27 heavy (non-hydrogen) atoms. The molecule has 2 unspecified atom stereocenters. The van der Waals surface area contributed by atoms with E-state index in [0.29, 0.717) is 6.61 Å². The molecule has 0 bridgehead atoms. The molecule has 0 saturated carbocycles. The van der Waals surface area contributed by atoms with Crippen LogP contribution in [0.1, 0.15) is 18.9 Å². The Kier molecular flexibility index (Phi) is 4.13. The van der Waals surface area contributed by atoms with Gasteiger partial charge in [0.25, 0.3) is 0 Å². The van der Waals surface area contributed by atoms with Crippen molar-refractivity contribution in [3.05, 3.63) is 59.0 Å². The molecule has 2 aliphatic heterocycles. The molecule has 6 heteroatoms. The van der Waals surface area contributed by atoms with Crippen molar-refractivity contribution in [3.63, 3.8) is 0 Å². The van der Waals surface area contributed by atoms with E-state index in [1.54, 1.807) is 0 Å². The summed E-state index contributed by atoms with van der Waals surface area (Å²) in [7, 11) is 0. The summed E-state index contributed by atoms with van der Waals surface area (Å²) in [4.78, 5) is 17.9. The summed E-state index contributed by atoms with van der Waals surface area (Å²) in [6, 6.07) is 15.9. The quantitative estimate of drug-likeness (QED) is 0.775. The van der Waals surface area contributed by atoms with Crippen LogP contribution < -0.4 is 15.2 Å². The number of likely N-dealkylation sites (tertiary alicyclic amines) is 1. The maximum atomic E-state index is 12.5. The van der Waals surface area contributed by atoms with Crippen LogP contribution in [0.4, 0.5) is 0 Å². The zero-order chi connectivity index (χ0) is 18.2. The Morgan fingerprint density at radius 2 is 1.89 bits per heavy atom. The molecule has 0 amide bonds. The molecule has 2 atom stereocenters. The van der Waals surface area contributed by atoms with Crippen LogP contribution in [0.3, 0.4) is 0 Å². The number of ether oxygens (including phenoxy) is 2. The maximum absolute atomic E-state index is 12.5. The zero-order valence-electron chi connectivity index (χ0n) is 15.1. The molecule has 3 aromatic rings. The molecule has 5 rings (SSSR count). The standard InChI is InChI=1S/C21H23N3O3/c25-21-22-17-7-1-2-8-18(17)24(21)15-6-5-11-23(12-15)13-16-14-26-19-9-3-4-10-20(19)27-16/h1-4,7-10,15-16H,5-6,11-14H2,(H,22,25). The average molecular weight is 365 g/mol. The average Bonchev–Trinajstić information content (AvgIpc) is 3.04. The molecule has 140 valence electrons. The molecule has 0 spiro atoms. The van der Waals surface area contributed by atoms with Crippen molar-refractivity contribution < 1.29 is 9.47 Å². The third-order valence-electron chi connectivity index (χ3n) is 5.50. The highest BCUT2D eigenvalue weighted by atomic mass is 16.6. The summed E-state index contributed by atoms with van der Waals surface area (Å²) in [6.45, 7) is 3.24. The predicted molar refractivity (Wildman–Crippen MR) is 104 cm³/mol. The number of para-hydroxylation sites is 4. The molecular formula is C21H23N3O3. The number of H-pyrrole nitrogens is 1. The summed E-state index contributed by atoms with van der Waals surface area (Å²) >= 11 is 0. The summed E-state index contributed by atoms with van der Waals surface area (Å²) in [5, 5.41) is 0. The van der Waals surface area contributed by atoms with E-state index in [9.17, 15) is 4.79 Å². The fraction of sp³-hybridized carbons (Fsp3) is 0.381. The van der Waals surface area contributed by atoms with Crippen LogP contribution in [0.5, 0.6) is 11.5 Å². The van der Waals surface area contributed by atoms with Crippen molar-refractivity contribution in [3.8, 4) is 11.5 Å². The van der Waals surface area contributed by atoms with Crippen molar-refractivity contribution in [1.82, 2.24) is 14.5 Å². The summed E-state index contributed by atoms with van der Waals surface area (Å²) < 4.78 is 13.9. The van der Waals surface area contributed by atoms with Crippen LogP contribution in [0.25, 0.3) is 11.0 Å². The summed E-state index contributed by atoms with van der Waals surface area (Å²) in [5.74, 6) is 1.63. The second-order valence-electron chi connectivity index (χ2n) is 7.37. The van der Waals surface area contributed by atoms with Crippen molar-refractivity contribution in [2.75, 3.05) is 26.2 Å². The number of rotatable bonds is 3. The number of nitrogens with zero attached hydrogens (tertiary/aromatic N) is 2. The molecule has 2 aliphatic rings. The van der Waals surface area contributed by atoms with Gasteiger partial charge in [-0.25, -0.2) is 4.79 Å². The minimum Gasteiger partial charge on any atom is -0.486 e. The predicted octanol–water partition coefficient (Wildman–Crippen LogP) is 2.81. The first-order valence-corrected chi connectivity index (χ1v) is 9.58. The highest BCUT2D eigenvalue weighted by Crippen LogP contribution is 2.31. The normalized spacial score (nSPS) is 22.8. The van der Waals surface area contributed by atoms with Gasteiger partial charge in [-0.15, -0.1) is 0 Å². The molecular weight excluding hydrogens is 342 g/mol. The van der Waals surface area contributed by atoms with Gasteiger partial charge >= 0.3 is 5.69 Å². The monoisotopic (exact) mass is 365 g/mol. The highest BCUT2D eigenvalue weighted by Gasteiger charge is 2.28. The molecule has 0 radical (unpaired) electrons. The van der Waals surface area contributed by atoms with E-state index in [1.807, 2.05) is 53.1 Å². The second-order valence-corrected chi connectivity index (χ2v) is 7.37. The topological polar surface area (TPSA) is 59.5 Å². The third kappa shape index (κ3) is 3.10. The molecule has 1 fully saturated rings. The van der Waals surface area contributed by atoms with Gasteiger partial charge in [-0.1, -0.05) is 24.3 Å². The van der Waals surface area contributed by atoms with Crippen LogP contribution in [-0.4, -0.2) is 46.8 Å². The lowest BCUT2D eigenvalue weighted by Crippen LogP contribution is -2.46. The van der Waals surface area contributed by atoms with Gasteiger partial charge in [0.1, 0.15) is 12.7 Å². The summed E-state index contributed by atoms with van der Waals surface area (Å²) in [5.41, 5.74) is 1.87. The van der Waals surface area contributed by atoms with Gasteiger partial charge in [0, 0.05) is 13.1 Å². The van der Waals surface area contributed by atoms with Crippen LogP contribution in [-0.2, 0) is 0 Å². The number of benzene rings is 2. The van der Waals surface area contributed by atoms with E-state index in [2.05, 4.69) is 9.88 Å². The van der Waals surface area contributed by atoms with Crippen molar-refractivity contribution in [2.45, 2.75) is 25.0 Å². The molecule has 1 N–H and O–H groups in total. The molecule has 1 aromatic heterocycles. The minimum absolute atomic E-state index is 0.0124.